The molecule has 54 heavy (non-hydrogen) atoms. The summed E-state index contributed by atoms with van der Waals surface area (Å²) in [6.45, 7) is 6.69. The highest BCUT2D eigenvalue weighted by Crippen LogP contribution is 2.48. The summed E-state index contributed by atoms with van der Waals surface area (Å²) in [6, 6.07) is 4.90. The maximum absolute atomic E-state index is 12.7. The number of rotatable bonds is 29. The molecule has 2 saturated carbocycles. The number of esters is 1. The van der Waals surface area contributed by atoms with Crippen LogP contribution in [0.3, 0.4) is 0 Å². The monoisotopic (exact) mass is 773 g/mol. The van der Waals surface area contributed by atoms with Gasteiger partial charge in [-0.15, -0.1) is 11.6 Å². The number of allylic oxidation sites excluding steroid dienone is 2. The zero-order chi connectivity index (χ0) is 39.2. The fraction of sp³-hybridized carbons (Fsp3) is 0.739. The molecule has 0 amide bonds. The number of carbonyl (C=O) groups is 2. The lowest BCUT2D eigenvalue weighted by atomic mass is 9.63. The van der Waals surface area contributed by atoms with E-state index >= 15 is 0 Å². The average molecular weight is 774 g/mol. The van der Waals surface area contributed by atoms with Crippen LogP contribution in [0.5, 0.6) is 5.75 Å². The van der Waals surface area contributed by atoms with Gasteiger partial charge in [-0.2, -0.15) is 0 Å². The summed E-state index contributed by atoms with van der Waals surface area (Å²) < 4.78 is 11.6. The molecule has 6 atom stereocenters. The molecule has 0 radical (unpaired) electrons. The topological polar surface area (TPSA) is 113 Å². The molecule has 8 heteroatoms. The van der Waals surface area contributed by atoms with E-state index in [4.69, 9.17) is 21.1 Å². The Labute approximate surface area is 332 Å². The number of carbonyl (C=O) groups excluding carboxylic acids is 1. The van der Waals surface area contributed by atoms with E-state index in [0.29, 0.717) is 43.6 Å². The van der Waals surface area contributed by atoms with Gasteiger partial charge in [-0.25, -0.2) is 4.79 Å². The van der Waals surface area contributed by atoms with E-state index < -0.39 is 18.2 Å². The van der Waals surface area contributed by atoms with Gasteiger partial charge >= 0.3 is 11.9 Å². The third kappa shape index (κ3) is 15.7. The predicted octanol–water partition coefficient (Wildman–Crippen LogP) is 12.1. The SMILES string of the molecule is CCCCCCCCCCCCCCCOc1ccc(C(=O)O)c(C(C)OC(=O)CCC/C=C\C[C@@H]2[C@@H](/C=C/C[C@H](O)C3(CC)CCC3)[C@H](O)C[C@H]2Cl)c1. The number of aliphatic hydroxyl groups is 2. The molecule has 1 unspecified atom stereocenters. The van der Waals surface area contributed by atoms with Gasteiger partial charge in [0.15, 0.2) is 0 Å². The summed E-state index contributed by atoms with van der Waals surface area (Å²) in [5.74, 6) is -0.782. The van der Waals surface area contributed by atoms with E-state index in [9.17, 15) is 24.9 Å². The van der Waals surface area contributed by atoms with Gasteiger partial charge in [0.1, 0.15) is 11.9 Å². The third-order valence-corrected chi connectivity index (χ3v) is 12.7. The molecule has 2 aliphatic carbocycles. The Morgan fingerprint density at radius 3 is 2.17 bits per heavy atom. The molecule has 0 saturated heterocycles. The highest BCUT2D eigenvalue weighted by atomic mass is 35.5. The minimum atomic E-state index is -1.07. The van der Waals surface area contributed by atoms with E-state index in [1.165, 1.54) is 83.1 Å². The van der Waals surface area contributed by atoms with Crippen LogP contribution in [0.4, 0.5) is 0 Å². The van der Waals surface area contributed by atoms with Gasteiger partial charge in [0.2, 0.25) is 0 Å². The molecular formula is C46H73ClO7. The minimum absolute atomic E-state index is 0.0430. The first-order valence-corrected chi connectivity index (χ1v) is 22.1. The van der Waals surface area contributed by atoms with Gasteiger partial charge < -0.3 is 24.8 Å². The van der Waals surface area contributed by atoms with Crippen molar-refractivity contribution in [2.45, 2.75) is 192 Å². The van der Waals surface area contributed by atoms with E-state index in [1.54, 1.807) is 19.1 Å². The molecule has 1 aromatic carbocycles. The van der Waals surface area contributed by atoms with Crippen molar-refractivity contribution in [2.75, 3.05) is 6.61 Å². The van der Waals surface area contributed by atoms with Crippen LogP contribution >= 0.6 is 11.6 Å². The normalized spacial score (nSPS) is 22.0. The van der Waals surface area contributed by atoms with Crippen LogP contribution in [0.2, 0.25) is 0 Å². The molecule has 0 aliphatic heterocycles. The number of halogens is 1. The highest BCUT2D eigenvalue weighted by molar-refractivity contribution is 6.21. The number of aromatic carboxylic acids is 1. The molecule has 3 rings (SSSR count). The fourth-order valence-electron chi connectivity index (χ4n) is 8.36. The second-order valence-electron chi connectivity index (χ2n) is 16.2. The number of benzene rings is 1. The van der Waals surface area contributed by atoms with Crippen molar-refractivity contribution in [3.8, 4) is 5.75 Å². The standard InChI is InChI=1S/C46H73ClO7/c1-4-6-7-8-9-10-11-12-13-14-15-18-21-32-53-36-28-29-39(45(51)52)40(33-36)35(3)54-44(50)27-20-17-16-19-24-37-38(42(48)34-41(37)47)25-22-26-43(49)46(5-2)30-23-31-46/h16,19,22,25,28-29,33,35,37-38,41-43,48-49H,4-15,17-18,20-21,23-24,26-27,30-32,34H2,1-3H3,(H,51,52)/b19-16-,25-22+/t35?,37-,38-,41-,42-,43+/m1/s1. The summed E-state index contributed by atoms with van der Waals surface area (Å²) in [6.07, 6.45) is 31.2. The smallest absolute Gasteiger partial charge is 0.336 e. The van der Waals surface area contributed by atoms with Crippen LogP contribution in [0.25, 0.3) is 0 Å². The van der Waals surface area contributed by atoms with Crippen molar-refractivity contribution in [2.24, 2.45) is 17.3 Å². The van der Waals surface area contributed by atoms with E-state index in [-0.39, 0.29) is 46.7 Å². The second-order valence-corrected chi connectivity index (χ2v) is 16.7. The zero-order valence-electron chi connectivity index (χ0n) is 33.8. The van der Waals surface area contributed by atoms with Crippen molar-refractivity contribution in [3.63, 3.8) is 0 Å². The molecule has 0 spiro atoms. The highest BCUT2D eigenvalue weighted by Gasteiger charge is 2.42. The lowest BCUT2D eigenvalue weighted by Crippen LogP contribution is -2.40. The third-order valence-electron chi connectivity index (χ3n) is 12.2. The molecule has 1 aromatic rings. The number of hydrogen-bond acceptors (Lipinski definition) is 6. The van der Waals surface area contributed by atoms with Crippen LogP contribution < -0.4 is 4.74 Å². The van der Waals surface area contributed by atoms with Crippen molar-refractivity contribution in [1.82, 2.24) is 0 Å². The Morgan fingerprint density at radius 1 is 0.926 bits per heavy atom. The summed E-state index contributed by atoms with van der Waals surface area (Å²) in [7, 11) is 0. The minimum Gasteiger partial charge on any atom is -0.494 e. The van der Waals surface area contributed by atoms with Crippen LogP contribution in [-0.2, 0) is 9.53 Å². The molecule has 0 aromatic heterocycles. The fourth-order valence-corrected chi connectivity index (χ4v) is 8.81. The maximum Gasteiger partial charge on any atom is 0.336 e. The maximum atomic E-state index is 12.7. The molecule has 3 N–H and O–H groups in total. The van der Waals surface area contributed by atoms with Gasteiger partial charge in [0.05, 0.1) is 24.4 Å². The Balaban J connectivity index is 1.33. The summed E-state index contributed by atoms with van der Waals surface area (Å²) >= 11 is 6.65. The van der Waals surface area contributed by atoms with Crippen LogP contribution in [0.15, 0.2) is 42.5 Å². The Bertz CT molecular complexity index is 1270. The molecule has 0 bridgehead atoms. The lowest BCUT2D eigenvalue weighted by molar-refractivity contribution is -0.148. The number of hydrogen-bond donors (Lipinski definition) is 3. The first-order chi connectivity index (χ1) is 26.1. The van der Waals surface area contributed by atoms with Crippen LogP contribution in [0.1, 0.15) is 190 Å². The van der Waals surface area contributed by atoms with Crippen molar-refractivity contribution >= 4 is 23.5 Å². The van der Waals surface area contributed by atoms with Crippen molar-refractivity contribution in [1.29, 1.82) is 0 Å². The predicted molar refractivity (Wildman–Crippen MR) is 220 cm³/mol. The van der Waals surface area contributed by atoms with E-state index in [0.717, 1.165) is 38.5 Å². The number of ether oxygens (including phenoxy) is 2. The van der Waals surface area contributed by atoms with Gasteiger partial charge in [0.25, 0.3) is 0 Å². The Kier molecular flexibility index (Phi) is 21.9. The molecular weight excluding hydrogens is 700 g/mol. The second kappa shape index (κ2) is 25.7. The Hall–Kier alpha value is -2.35. The van der Waals surface area contributed by atoms with E-state index in [1.807, 2.05) is 6.08 Å². The lowest BCUT2D eigenvalue weighted by Gasteiger charge is -2.45. The number of carboxylic acid groups (broad SMARTS) is 1. The molecule has 2 fully saturated rings. The number of carboxylic acids is 1. The first-order valence-electron chi connectivity index (χ1n) is 21.6. The Morgan fingerprint density at radius 2 is 1.57 bits per heavy atom. The quantitative estimate of drug-likeness (QED) is 0.0321. The molecule has 7 nitrogen and oxygen atoms in total. The molecule has 306 valence electrons. The van der Waals surface area contributed by atoms with Gasteiger partial charge in [-0.05, 0) is 94.2 Å². The van der Waals surface area contributed by atoms with Crippen molar-refractivity contribution in [3.05, 3.63) is 53.6 Å². The molecule has 2 aliphatic rings. The number of unbranched alkanes of at least 4 members (excludes halogenated alkanes) is 13. The number of alkyl halides is 1. The van der Waals surface area contributed by atoms with E-state index in [2.05, 4.69) is 32.1 Å². The zero-order valence-corrected chi connectivity index (χ0v) is 34.6. The summed E-state index contributed by atoms with van der Waals surface area (Å²) in [5, 5.41) is 31.1. The summed E-state index contributed by atoms with van der Waals surface area (Å²) in [5.41, 5.74) is 0.597. The first kappa shape index (κ1) is 46.0. The average Bonchev–Trinajstić information content (AvgIpc) is 3.40. The molecule has 0 heterocycles. The van der Waals surface area contributed by atoms with Gasteiger partial charge in [0, 0.05) is 23.3 Å². The number of aliphatic hydroxyl groups excluding tert-OH is 2. The van der Waals surface area contributed by atoms with Crippen LogP contribution in [0, 0.1) is 17.3 Å². The van der Waals surface area contributed by atoms with Gasteiger partial charge in [-0.1, -0.05) is 122 Å². The largest absolute Gasteiger partial charge is 0.494 e. The van der Waals surface area contributed by atoms with Crippen LogP contribution in [-0.4, -0.2) is 51.5 Å². The van der Waals surface area contributed by atoms with Crippen molar-refractivity contribution < 1.29 is 34.4 Å². The summed E-state index contributed by atoms with van der Waals surface area (Å²) in [4.78, 5) is 24.7. The van der Waals surface area contributed by atoms with Gasteiger partial charge in [-0.3, -0.25) is 4.79 Å².